The molecule has 0 bridgehead atoms. The summed E-state index contributed by atoms with van der Waals surface area (Å²) in [6.07, 6.45) is 1.47. The minimum atomic E-state index is -0.510. The molecule has 0 fully saturated rings. The highest BCUT2D eigenvalue weighted by atomic mass is 16.6. The molecule has 18 heavy (non-hydrogen) atoms. The van der Waals surface area contributed by atoms with Crippen molar-refractivity contribution in [3.8, 4) is 0 Å². The Balaban J connectivity index is 2.00. The van der Waals surface area contributed by atoms with E-state index < -0.39 is 4.92 Å². The van der Waals surface area contributed by atoms with Gasteiger partial charge in [-0.15, -0.1) is 0 Å². The van der Waals surface area contributed by atoms with Crippen LogP contribution in [-0.2, 0) is 6.54 Å². The van der Waals surface area contributed by atoms with E-state index in [0.29, 0.717) is 6.54 Å². The fourth-order valence-electron chi connectivity index (χ4n) is 1.62. The van der Waals surface area contributed by atoms with Crippen LogP contribution < -0.4 is 5.32 Å². The van der Waals surface area contributed by atoms with Gasteiger partial charge in [-0.05, 0) is 28.5 Å². The number of benzene rings is 1. The summed E-state index contributed by atoms with van der Waals surface area (Å²) in [6, 6.07) is 11.2. The third kappa shape index (κ3) is 3.04. The standard InChI is InChI=1S/C13H13N3O2/c1-10-3-2-4-11(7-10)8-14-12-5-6-13(15-9-12)16(17)18/h2-7,9,14H,8H2,1H3. The van der Waals surface area contributed by atoms with E-state index in [2.05, 4.69) is 16.4 Å². The number of pyridine rings is 1. The summed E-state index contributed by atoms with van der Waals surface area (Å²) in [6.45, 7) is 2.71. The van der Waals surface area contributed by atoms with Crippen molar-refractivity contribution in [2.24, 2.45) is 0 Å². The van der Waals surface area contributed by atoms with Crippen molar-refractivity contribution in [2.75, 3.05) is 5.32 Å². The molecule has 1 N–H and O–H groups in total. The molecule has 0 spiro atoms. The Labute approximate surface area is 105 Å². The zero-order chi connectivity index (χ0) is 13.0. The van der Waals surface area contributed by atoms with Gasteiger partial charge in [-0.25, -0.2) is 0 Å². The molecule has 0 saturated carbocycles. The molecule has 92 valence electrons. The molecule has 0 amide bonds. The number of hydrogen-bond acceptors (Lipinski definition) is 4. The molecule has 0 unspecified atom stereocenters. The Kier molecular flexibility index (Phi) is 3.52. The van der Waals surface area contributed by atoms with Gasteiger partial charge in [0.05, 0.1) is 5.69 Å². The van der Waals surface area contributed by atoms with Crippen LogP contribution in [-0.4, -0.2) is 9.91 Å². The highest BCUT2D eigenvalue weighted by molar-refractivity contribution is 5.44. The summed E-state index contributed by atoms with van der Waals surface area (Å²) in [5, 5.41) is 13.6. The van der Waals surface area contributed by atoms with Gasteiger partial charge in [-0.2, -0.15) is 0 Å². The Morgan fingerprint density at radius 1 is 1.33 bits per heavy atom. The lowest BCUT2D eigenvalue weighted by atomic mass is 10.1. The third-order valence-corrected chi connectivity index (χ3v) is 2.51. The van der Waals surface area contributed by atoms with Gasteiger partial charge in [-0.1, -0.05) is 29.8 Å². The number of nitrogens with one attached hydrogen (secondary N) is 1. The average molecular weight is 243 g/mol. The minimum Gasteiger partial charge on any atom is -0.378 e. The van der Waals surface area contributed by atoms with Crippen LogP contribution in [0, 0.1) is 17.0 Å². The molecule has 2 rings (SSSR count). The van der Waals surface area contributed by atoms with Gasteiger partial charge in [0, 0.05) is 12.6 Å². The van der Waals surface area contributed by atoms with Gasteiger partial charge < -0.3 is 15.4 Å². The number of aryl methyl sites for hydroxylation is 1. The number of nitro groups is 1. The fourth-order valence-corrected chi connectivity index (χ4v) is 1.62. The van der Waals surface area contributed by atoms with E-state index in [1.54, 1.807) is 6.07 Å². The van der Waals surface area contributed by atoms with E-state index >= 15 is 0 Å². The first-order valence-electron chi connectivity index (χ1n) is 5.55. The molecule has 2 aromatic rings. The lowest BCUT2D eigenvalue weighted by Crippen LogP contribution is -2.00. The maximum Gasteiger partial charge on any atom is 0.363 e. The number of rotatable bonds is 4. The Hall–Kier alpha value is -2.43. The fraction of sp³-hybridized carbons (Fsp3) is 0.154. The molecule has 5 nitrogen and oxygen atoms in total. The first-order valence-corrected chi connectivity index (χ1v) is 5.55. The highest BCUT2D eigenvalue weighted by Gasteiger charge is 2.05. The minimum absolute atomic E-state index is 0.142. The maximum atomic E-state index is 10.5. The normalized spacial score (nSPS) is 10.1. The topological polar surface area (TPSA) is 68.1 Å². The molecule has 1 aromatic heterocycles. The van der Waals surface area contributed by atoms with Crippen molar-refractivity contribution < 1.29 is 4.92 Å². The number of anilines is 1. The van der Waals surface area contributed by atoms with Crippen LogP contribution in [0.5, 0.6) is 0 Å². The Morgan fingerprint density at radius 2 is 2.17 bits per heavy atom. The van der Waals surface area contributed by atoms with Crippen molar-refractivity contribution in [1.29, 1.82) is 0 Å². The second-order valence-electron chi connectivity index (χ2n) is 4.00. The molecule has 0 atom stereocenters. The molecular formula is C13H13N3O2. The predicted molar refractivity (Wildman–Crippen MR) is 69.4 cm³/mol. The lowest BCUT2D eigenvalue weighted by molar-refractivity contribution is -0.389. The molecule has 1 heterocycles. The summed E-state index contributed by atoms with van der Waals surface area (Å²) >= 11 is 0. The summed E-state index contributed by atoms with van der Waals surface area (Å²) in [5.41, 5.74) is 3.13. The quantitative estimate of drug-likeness (QED) is 0.662. The first-order chi connectivity index (χ1) is 8.65. The summed E-state index contributed by atoms with van der Waals surface area (Å²) in [5.74, 6) is -0.142. The second-order valence-corrected chi connectivity index (χ2v) is 4.00. The lowest BCUT2D eigenvalue weighted by Gasteiger charge is -2.05. The monoisotopic (exact) mass is 243 g/mol. The van der Waals surface area contributed by atoms with Crippen LogP contribution >= 0.6 is 0 Å². The van der Waals surface area contributed by atoms with E-state index in [4.69, 9.17) is 0 Å². The summed E-state index contributed by atoms with van der Waals surface area (Å²) in [7, 11) is 0. The number of hydrogen-bond donors (Lipinski definition) is 1. The van der Waals surface area contributed by atoms with Crippen LogP contribution in [0.4, 0.5) is 11.5 Å². The maximum absolute atomic E-state index is 10.5. The highest BCUT2D eigenvalue weighted by Crippen LogP contribution is 2.13. The van der Waals surface area contributed by atoms with Gasteiger partial charge in [0.25, 0.3) is 0 Å². The molecule has 0 radical (unpaired) electrons. The van der Waals surface area contributed by atoms with Crippen LogP contribution in [0.25, 0.3) is 0 Å². The summed E-state index contributed by atoms with van der Waals surface area (Å²) < 4.78 is 0. The Bertz CT molecular complexity index is 552. The van der Waals surface area contributed by atoms with Crippen molar-refractivity contribution >= 4 is 11.5 Å². The molecule has 0 aliphatic heterocycles. The van der Waals surface area contributed by atoms with Gasteiger partial charge in [0.2, 0.25) is 0 Å². The number of nitrogens with zero attached hydrogens (tertiary/aromatic N) is 2. The molecule has 0 aliphatic rings. The van der Waals surface area contributed by atoms with E-state index in [1.807, 2.05) is 25.1 Å². The summed E-state index contributed by atoms with van der Waals surface area (Å²) in [4.78, 5) is 13.7. The van der Waals surface area contributed by atoms with Gasteiger partial charge >= 0.3 is 5.82 Å². The second kappa shape index (κ2) is 5.27. The van der Waals surface area contributed by atoms with Gasteiger partial charge in [0.1, 0.15) is 0 Å². The van der Waals surface area contributed by atoms with Crippen LogP contribution in [0.15, 0.2) is 42.6 Å². The van der Waals surface area contributed by atoms with Crippen LogP contribution in [0.1, 0.15) is 11.1 Å². The van der Waals surface area contributed by atoms with Crippen molar-refractivity contribution in [3.05, 3.63) is 63.8 Å². The Morgan fingerprint density at radius 3 is 2.78 bits per heavy atom. The molecule has 0 aliphatic carbocycles. The zero-order valence-electron chi connectivity index (χ0n) is 9.96. The SMILES string of the molecule is Cc1cccc(CNc2ccc([N+](=O)[O-])nc2)c1. The van der Waals surface area contributed by atoms with Crippen molar-refractivity contribution in [2.45, 2.75) is 13.5 Å². The van der Waals surface area contributed by atoms with Gasteiger partial charge in [0.15, 0.2) is 6.20 Å². The van der Waals surface area contributed by atoms with Gasteiger partial charge in [-0.3, -0.25) is 0 Å². The molecule has 5 heteroatoms. The van der Waals surface area contributed by atoms with Crippen molar-refractivity contribution in [1.82, 2.24) is 4.98 Å². The predicted octanol–water partition coefficient (Wildman–Crippen LogP) is 2.91. The van der Waals surface area contributed by atoms with Crippen molar-refractivity contribution in [3.63, 3.8) is 0 Å². The average Bonchev–Trinajstić information content (AvgIpc) is 2.37. The van der Waals surface area contributed by atoms with Crippen LogP contribution in [0.2, 0.25) is 0 Å². The van der Waals surface area contributed by atoms with E-state index in [-0.39, 0.29) is 5.82 Å². The first kappa shape index (κ1) is 12.0. The zero-order valence-corrected chi connectivity index (χ0v) is 9.96. The largest absolute Gasteiger partial charge is 0.378 e. The molecule has 1 aromatic carbocycles. The van der Waals surface area contributed by atoms with E-state index in [9.17, 15) is 10.1 Å². The van der Waals surface area contributed by atoms with E-state index in [1.165, 1.54) is 17.8 Å². The molecular weight excluding hydrogens is 230 g/mol. The number of aromatic nitrogens is 1. The van der Waals surface area contributed by atoms with E-state index in [0.717, 1.165) is 11.3 Å². The molecule has 0 saturated heterocycles. The smallest absolute Gasteiger partial charge is 0.363 e. The van der Waals surface area contributed by atoms with Crippen LogP contribution in [0.3, 0.4) is 0 Å². The third-order valence-electron chi connectivity index (χ3n) is 2.51.